The molecule has 3 heterocycles. The van der Waals surface area contributed by atoms with Crippen LogP contribution in [0.5, 0.6) is 5.75 Å². The largest absolute Gasteiger partial charge is 0.497 e. The summed E-state index contributed by atoms with van der Waals surface area (Å²) in [5.41, 5.74) is 3.97. The maximum Gasteiger partial charge on any atom is 0.239 e. The smallest absolute Gasteiger partial charge is 0.239 e. The van der Waals surface area contributed by atoms with Gasteiger partial charge in [0, 0.05) is 47.4 Å². The average molecular weight is 436 g/mol. The maximum atomic E-state index is 12.4. The van der Waals surface area contributed by atoms with Gasteiger partial charge in [-0.1, -0.05) is 11.2 Å². The molecule has 1 saturated heterocycles. The molecule has 1 atom stereocenters. The molecule has 0 radical (unpaired) electrons. The first-order valence-corrected chi connectivity index (χ1v) is 10.8. The first kappa shape index (κ1) is 21.8. The van der Waals surface area contributed by atoms with Gasteiger partial charge in [0.15, 0.2) is 5.82 Å². The third-order valence-electron chi connectivity index (χ3n) is 5.52. The lowest BCUT2D eigenvalue weighted by Crippen LogP contribution is -2.40. The number of hydrogen-bond acceptors (Lipinski definition) is 7. The molecule has 2 aromatic heterocycles. The summed E-state index contributed by atoms with van der Waals surface area (Å²) in [5, 5.41) is 10.1. The van der Waals surface area contributed by atoms with Crippen molar-refractivity contribution in [2.75, 3.05) is 37.4 Å². The van der Waals surface area contributed by atoms with Crippen LogP contribution in [0.15, 0.2) is 47.0 Å². The molecule has 2 N–H and O–H groups in total. The van der Waals surface area contributed by atoms with Gasteiger partial charge in [-0.2, -0.15) is 0 Å². The Morgan fingerprint density at radius 2 is 2.09 bits per heavy atom. The van der Waals surface area contributed by atoms with Crippen molar-refractivity contribution in [3.8, 4) is 5.75 Å². The fraction of sp³-hybridized carbons (Fsp3) is 0.375. The number of aromatic nitrogens is 2. The predicted molar refractivity (Wildman–Crippen MR) is 124 cm³/mol. The molecule has 0 aliphatic carbocycles. The lowest BCUT2D eigenvalue weighted by atomic mass is 9.93. The summed E-state index contributed by atoms with van der Waals surface area (Å²) in [6, 6.07) is 13.7. The van der Waals surface area contributed by atoms with E-state index in [4.69, 9.17) is 14.2 Å². The van der Waals surface area contributed by atoms with E-state index in [2.05, 4.69) is 26.8 Å². The first-order chi connectivity index (χ1) is 15.5. The number of nitrogens with one attached hydrogen (secondary N) is 2. The van der Waals surface area contributed by atoms with Gasteiger partial charge in [-0.3, -0.25) is 14.7 Å². The lowest BCUT2D eigenvalue weighted by molar-refractivity contribution is -0.117. The Kier molecular flexibility index (Phi) is 6.70. The molecule has 3 aromatic rings. The Morgan fingerprint density at radius 3 is 2.88 bits per heavy atom. The number of rotatable bonds is 7. The van der Waals surface area contributed by atoms with Crippen molar-refractivity contribution in [1.82, 2.24) is 15.0 Å². The number of ether oxygens (including phenoxy) is 1. The molecule has 1 amide bonds. The third-order valence-corrected chi connectivity index (χ3v) is 5.52. The van der Waals surface area contributed by atoms with Gasteiger partial charge in [-0.15, -0.1) is 0 Å². The number of benzene rings is 1. The fourth-order valence-electron chi connectivity index (χ4n) is 4.09. The highest BCUT2D eigenvalue weighted by Crippen LogP contribution is 2.29. The van der Waals surface area contributed by atoms with Crippen LogP contribution in [0.1, 0.15) is 35.9 Å². The highest BCUT2D eigenvalue weighted by Gasteiger charge is 2.24. The molecule has 8 nitrogen and oxygen atoms in total. The summed E-state index contributed by atoms with van der Waals surface area (Å²) >= 11 is 0. The molecule has 8 heteroatoms. The zero-order chi connectivity index (χ0) is 22.5. The summed E-state index contributed by atoms with van der Waals surface area (Å²) in [7, 11) is 1.66. The van der Waals surface area contributed by atoms with Gasteiger partial charge < -0.3 is 19.9 Å². The van der Waals surface area contributed by atoms with Crippen molar-refractivity contribution >= 4 is 23.1 Å². The second-order valence-corrected chi connectivity index (χ2v) is 8.22. The van der Waals surface area contributed by atoms with Crippen molar-refractivity contribution in [3.63, 3.8) is 0 Å². The SMILES string of the molecule is COc1cccc(Nc2cc(C)nc([C@@H]3CCCN(CC(=O)Nc4cc(C)on4)C3)c2)c1. The number of nitrogens with zero attached hydrogens (tertiary/aromatic N) is 3. The highest BCUT2D eigenvalue weighted by molar-refractivity contribution is 5.91. The number of pyridine rings is 1. The summed E-state index contributed by atoms with van der Waals surface area (Å²) < 4.78 is 10.3. The molecule has 1 aliphatic heterocycles. The van der Waals surface area contributed by atoms with Gasteiger partial charge in [0.1, 0.15) is 11.5 Å². The highest BCUT2D eigenvalue weighted by atomic mass is 16.5. The number of anilines is 3. The van der Waals surface area contributed by atoms with Crippen molar-refractivity contribution in [2.24, 2.45) is 0 Å². The molecule has 168 valence electrons. The summed E-state index contributed by atoms with van der Waals surface area (Å²) in [6.45, 7) is 5.81. The molecular formula is C24H29N5O3. The molecule has 1 aromatic carbocycles. The molecule has 4 rings (SSSR count). The third kappa shape index (κ3) is 5.64. The zero-order valence-corrected chi connectivity index (χ0v) is 18.7. The first-order valence-electron chi connectivity index (χ1n) is 10.8. The van der Waals surface area contributed by atoms with E-state index in [9.17, 15) is 4.79 Å². The Morgan fingerprint density at radius 1 is 1.22 bits per heavy atom. The standard InChI is InChI=1S/C24H29N5O3/c1-16-10-20(26-19-7-4-8-21(12-19)31-3)13-22(25-16)18-6-5-9-29(14-18)15-24(30)27-23-11-17(2)32-28-23/h4,7-8,10-13,18H,5-6,9,14-15H2,1-3H3,(H,25,26)(H,27,28,30)/t18-/m1/s1. The number of carbonyl (C=O) groups is 1. The molecule has 1 fully saturated rings. The van der Waals surface area contributed by atoms with Gasteiger partial charge in [0.25, 0.3) is 0 Å². The van der Waals surface area contributed by atoms with E-state index in [1.807, 2.05) is 37.3 Å². The molecule has 1 aliphatic rings. The number of amides is 1. The van der Waals surface area contributed by atoms with Crippen molar-refractivity contribution < 1.29 is 14.1 Å². The number of hydrogen-bond donors (Lipinski definition) is 2. The van der Waals surface area contributed by atoms with Crippen LogP contribution < -0.4 is 15.4 Å². The van der Waals surface area contributed by atoms with Crippen molar-refractivity contribution in [1.29, 1.82) is 0 Å². The van der Waals surface area contributed by atoms with Crippen LogP contribution in [-0.4, -0.2) is 47.7 Å². The number of likely N-dealkylation sites (tertiary alicyclic amines) is 1. The Hall–Kier alpha value is -3.39. The van der Waals surface area contributed by atoms with E-state index in [0.717, 1.165) is 54.4 Å². The molecule has 32 heavy (non-hydrogen) atoms. The van der Waals surface area contributed by atoms with Crippen LogP contribution in [0.3, 0.4) is 0 Å². The van der Waals surface area contributed by atoms with Crippen LogP contribution in [0.25, 0.3) is 0 Å². The van der Waals surface area contributed by atoms with E-state index in [0.29, 0.717) is 18.1 Å². The summed E-state index contributed by atoms with van der Waals surface area (Å²) in [5.74, 6) is 2.12. The maximum absolute atomic E-state index is 12.4. The number of piperidine rings is 1. The number of methoxy groups -OCH3 is 1. The Bertz CT molecular complexity index is 1080. The minimum Gasteiger partial charge on any atom is -0.497 e. The normalized spacial score (nSPS) is 16.5. The monoisotopic (exact) mass is 435 g/mol. The van der Waals surface area contributed by atoms with Crippen LogP contribution in [0.2, 0.25) is 0 Å². The average Bonchev–Trinajstić information content (AvgIpc) is 3.18. The molecule has 0 saturated carbocycles. The van der Waals surface area contributed by atoms with Crippen LogP contribution >= 0.6 is 0 Å². The Balaban J connectivity index is 1.41. The zero-order valence-electron chi connectivity index (χ0n) is 18.7. The predicted octanol–water partition coefficient (Wildman–Crippen LogP) is 4.26. The molecule has 0 spiro atoms. The lowest BCUT2D eigenvalue weighted by Gasteiger charge is -2.32. The van der Waals surface area contributed by atoms with E-state index >= 15 is 0 Å². The molecular weight excluding hydrogens is 406 g/mol. The van der Waals surface area contributed by atoms with Gasteiger partial charge >= 0.3 is 0 Å². The van der Waals surface area contributed by atoms with E-state index < -0.39 is 0 Å². The topological polar surface area (TPSA) is 92.5 Å². The van der Waals surface area contributed by atoms with E-state index in [1.54, 1.807) is 20.1 Å². The van der Waals surface area contributed by atoms with Gasteiger partial charge in [0.05, 0.1) is 13.7 Å². The second-order valence-electron chi connectivity index (χ2n) is 8.22. The Labute approximate surface area is 188 Å². The summed E-state index contributed by atoms with van der Waals surface area (Å²) in [4.78, 5) is 19.4. The number of carbonyl (C=O) groups excluding carboxylic acids is 1. The van der Waals surface area contributed by atoms with Gasteiger partial charge in [0.2, 0.25) is 5.91 Å². The van der Waals surface area contributed by atoms with Crippen molar-refractivity contribution in [2.45, 2.75) is 32.6 Å². The minimum absolute atomic E-state index is 0.0865. The summed E-state index contributed by atoms with van der Waals surface area (Å²) in [6.07, 6.45) is 2.07. The number of aryl methyl sites for hydroxylation is 2. The van der Waals surface area contributed by atoms with E-state index in [1.165, 1.54) is 0 Å². The molecule has 0 unspecified atom stereocenters. The second kappa shape index (κ2) is 9.82. The van der Waals surface area contributed by atoms with E-state index in [-0.39, 0.29) is 11.8 Å². The van der Waals surface area contributed by atoms with Gasteiger partial charge in [-0.05, 0) is 57.5 Å². The molecule has 0 bridgehead atoms. The van der Waals surface area contributed by atoms with Crippen LogP contribution in [0.4, 0.5) is 17.2 Å². The van der Waals surface area contributed by atoms with Crippen LogP contribution in [-0.2, 0) is 4.79 Å². The fourth-order valence-corrected chi connectivity index (χ4v) is 4.09. The van der Waals surface area contributed by atoms with Gasteiger partial charge in [-0.25, -0.2) is 0 Å². The quantitative estimate of drug-likeness (QED) is 0.573. The minimum atomic E-state index is -0.0865. The van der Waals surface area contributed by atoms with Crippen LogP contribution in [0, 0.1) is 13.8 Å². The van der Waals surface area contributed by atoms with Crippen molar-refractivity contribution in [3.05, 3.63) is 59.6 Å².